The summed E-state index contributed by atoms with van der Waals surface area (Å²) in [4.78, 5) is 10.7. The summed E-state index contributed by atoms with van der Waals surface area (Å²) in [6.45, 7) is 2.37. The third kappa shape index (κ3) is 1.50. The summed E-state index contributed by atoms with van der Waals surface area (Å²) in [5, 5.41) is 3.03. The number of carbonyl (C=O) groups is 1. The van der Waals surface area contributed by atoms with E-state index in [-0.39, 0.29) is 17.9 Å². The first-order valence-corrected chi connectivity index (χ1v) is 3.19. The van der Waals surface area contributed by atoms with Gasteiger partial charge in [0.25, 0.3) is 0 Å². The first-order valence-electron chi connectivity index (χ1n) is 3.19. The molecule has 3 N–H and O–H groups in total. The molecule has 3 nitrogen and oxygen atoms in total. The van der Waals surface area contributed by atoms with Crippen LogP contribution in [-0.2, 0) is 4.79 Å². The highest BCUT2D eigenvalue weighted by Gasteiger charge is 2.23. The van der Waals surface area contributed by atoms with E-state index in [4.69, 9.17) is 5.73 Å². The highest BCUT2D eigenvalue weighted by atomic mass is 16.1. The molecule has 0 radical (unpaired) electrons. The van der Waals surface area contributed by atoms with Crippen LogP contribution in [0.5, 0.6) is 0 Å². The van der Waals surface area contributed by atoms with Gasteiger partial charge in [0.2, 0.25) is 0 Å². The van der Waals surface area contributed by atoms with Gasteiger partial charge in [-0.2, -0.15) is 0 Å². The third-order valence-electron chi connectivity index (χ3n) is 1.66. The van der Waals surface area contributed by atoms with Crippen molar-refractivity contribution in [2.45, 2.75) is 25.4 Å². The standard InChI is InChI=1S/C6H12N2O/c1-4(9)6-2-5(7)3-8-6/h5-6,8H,2-3,7H2,1H3/t5?,6-/m0/s1. The van der Waals surface area contributed by atoms with E-state index >= 15 is 0 Å². The van der Waals surface area contributed by atoms with Gasteiger partial charge in [0, 0.05) is 12.6 Å². The first-order chi connectivity index (χ1) is 4.20. The zero-order valence-electron chi connectivity index (χ0n) is 5.55. The van der Waals surface area contributed by atoms with Gasteiger partial charge < -0.3 is 11.1 Å². The van der Waals surface area contributed by atoms with Crippen LogP contribution in [0.15, 0.2) is 0 Å². The Morgan fingerprint density at radius 2 is 2.44 bits per heavy atom. The van der Waals surface area contributed by atoms with Crippen LogP contribution in [0.2, 0.25) is 0 Å². The maximum atomic E-state index is 10.7. The number of hydrogen-bond acceptors (Lipinski definition) is 3. The van der Waals surface area contributed by atoms with E-state index in [2.05, 4.69) is 5.32 Å². The average molecular weight is 128 g/mol. The lowest BCUT2D eigenvalue weighted by molar-refractivity contribution is -0.118. The molecule has 1 aliphatic heterocycles. The van der Waals surface area contributed by atoms with Crippen LogP contribution in [0, 0.1) is 0 Å². The summed E-state index contributed by atoms with van der Waals surface area (Å²) >= 11 is 0. The van der Waals surface area contributed by atoms with E-state index in [0.717, 1.165) is 13.0 Å². The monoisotopic (exact) mass is 128 g/mol. The second-order valence-electron chi connectivity index (χ2n) is 2.57. The number of nitrogens with two attached hydrogens (primary N) is 1. The van der Waals surface area contributed by atoms with Crippen molar-refractivity contribution in [1.29, 1.82) is 0 Å². The molecule has 0 spiro atoms. The van der Waals surface area contributed by atoms with Crippen molar-refractivity contribution >= 4 is 5.78 Å². The summed E-state index contributed by atoms with van der Waals surface area (Å²) in [7, 11) is 0. The van der Waals surface area contributed by atoms with Gasteiger partial charge in [0.1, 0.15) is 5.78 Å². The van der Waals surface area contributed by atoms with Gasteiger partial charge in [0.15, 0.2) is 0 Å². The zero-order chi connectivity index (χ0) is 6.85. The molecule has 3 heteroatoms. The summed E-state index contributed by atoms with van der Waals surface area (Å²) in [6, 6.07) is 0.207. The van der Waals surface area contributed by atoms with E-state index < -0.39 is 0 Å². The molecular formula is C6H12N2O. The topological polar surface area (TPSA) is 55.1 Å². The summed E-state index contributed by atoms with van der Waals surface area (Å²) in [6.07, 6.45) is 0.801. The molecule has 1 saturated heterocycles. The van der Waals surface area contributed by atoms with Crippen LogP contribution in [0.1, 0.15) is 13.3 Å². The summed E-state index contributed by atoms with van der Waals surface area (Å²) in [5.74, 6) is 0.197. The highest BCUT2D eigenvalue weighted by molar-refractivity contribution is 5.81. The van der Waals surface area contributed by atoms with Gasteiger partial charge in [-0.1, -0.05) is 0 Å². The van der Waals surface area contributed by atoms with Gasteiger partial charge in [-0.05, 0) is 13.3 Å². The fourth-order valence-corrected chi connectivity index (χ4v) is 1.07. The Morgan fingerprint density at radius 3 is 2.67 bits per heavy atom. The van der Waals surface area contributed by atoms with E-state index in [1.165, 1.54) is 0 Å². The van der Waals surface area contributed by atoms with Crippen molar-refractivity contribution in [2.75, 3.05) is 6.54 Å². The van der Waals surface area contributed by atoms with Gasteiger partial charge in [-0.15, -0.1) is 0 Å². The summed E-state index contributed by atoms with van der Waals surface area (Å²) in [5.41, 5.74) is 5.55. The minimum Gasteiger partial charge on any atom is -0.326 e. The smallest absolute Gasteiger partial charge is 0.146 e. The molecular weight excluding hydrogens is 116 g/mol. The molecule has 0 bridgehead atoms. The Bertz CT molecular complexity index is 124. The molecule has 0 saturated carbocycles. The Labute approximate surface area is 54.6 Å². The van der Waals surface area contributed by atoms with Crippen LogP contribution in [0.25, 0.3) is 0 Å². The van der Waals surface area contributed by atoms with Crippen LogP contribution in [0.3, 0.4) is 0 Å². The molecule has 0 aromatic heterocycles. The fraction of sp³-hybridized carbons (Fsp3) is 0.833. The van der Waals surface area contributed by atoms with Gasteiger partial charge in [-0.25, -0.2) is 0 Å². The second kappa shape index (κ2) is 2.45. The largest absolute Gasteiger partial charge is 0.326 e. The molecule has 52 valence electrons. The molecule has 9 heavy (non-hydrogen) atoms. The van der Waals surface area contributed by atoms with E-state index in [9.17, 15) is 4.79 Å². The number of nitrogens with one attached hydrogen (secondary N) is 1. The zero-order valence-corrected chi connectivity index (χ0v) is 5.55. The normalized spacial score (nSPS) is 34.9. The quantitative estimate of drug-likeness (QED) is 0.489. The SMILES string of the molecule is CC(=O)[C@@H]1CC(N)CN1. The molecule has 1 fully saturated rings. The molecule has 0 amide bonds. The van der Waals surface area contributed by atoms with Crippen molar-refractivity contribution < 1.29 is 4.79 Å². The Balaban J connectivity index is 2.39. The second-order valence-corrected chi connectivity index (χ2v) is 2.57. The number of Topliss-reactive ketones (excluding diaryl/α,β-unsaturated/α-hetero) is 1. The predicted molar refractivity (Wildman–Crippen MR) is 35.1 cm³/mol. The minimum absolute atomic E-state index is 0.0278. The minimum atomic E-state index is 0.0278. The lowest BCUT2D eigenvalue weighted by Gasteiger charge is -2.02. The Morgan fingerprint density at radius 1 is 1.78 bits per heavy atom. The number of carbonyl (C=O) groups excluding carboxylic acids is 1. The maximum absolute atomic E-state index is 10.7. The Kier molecular flexibility index (Phi) is 1.83. The number of rotatable bonds is 1. The maximum Gasteiger partial charge on any atom is 0.146 e. The van der Waals surface area contributed by atoms with E-state index in [0.29, 0.717) is 0 Å². The Hall–Kier alpha value is -0.410. The molecule has 1 rings (SSSR count). The van der Waals surface area contributed by atoms with Gasteiger partial charge >= 0.3 is 0 Å². The van der Waals surface area contributed by atoms with Crippen molar-refractivity contribution in [3.8, 4) is 0 Å². The third-order valence-corrected chi connectivity index (χ3v) is 1.66. The average Bonchev–Trinajstić information content (AvgIpc) is 2.14. The van der Waals surface area contributed by atoms with Gasteiger partial charge in [0.05, 0.1) is 6.04 Å². The van der Waals surface area contributed by atoms with Crippen LogP contribution >= 0.6 is 0 Å². The number of ketones is 1. The molecule has 0 aliphatic carbocycles. The molecule has 2 atom stereocenters. The van der Waals surface area contributed by atoms with Crippen molar-refractivity contribution in [3.63, 3.8) is 0 Å². The highest BCUT2D eigenvalue weighted by Crippen LogP contribution is 2.03. The lowest BCUT2D eigenvalue weighted by atomic mass is 10.1. The molecule has 1 unspecified atom stereocenters. The van der Waals surface area contributed by atoms with Gasteiger partial charge in [-0.3, -0.25) is 4.79 Å². The lowest BCUT2D eigenvalue weighted by Crippen LogP contribution is -2.28. The first kappa shape index (κ1) is 6.71. The fourth-order valence-electron chi connectivity index (χ4n) is 1.07. The van der Waals surface area contributed by atoms with E-state index in [1.807, 2.05) is 0 Å². The van der Waals surface area contributed by atoms with E-state index in [1.54, 1.807) is 6.92 Å². The van der Waals surface area contributed by atoms with Crippen LogP contribution in [0.4, 0.5) is 0 Å². The number of hydrogen-bond donors (Lipinski definition) is 2. The molecule has 0 aromatic carbocycles. The van der Waals surface area contributed by atoms with Crippen molar-refractivity contribution in [3.05, 3.63) is 0 Å². The molecule has 1 heterocycles. The molecule has 1 aliphatic rings. The predicted octanol–water partition coefficient (Wildman–Crippen LogP) is -0.735. The summed E-state index contributed by atoms with van der Waals surface area (Å²) < 4.78 is 0. The van der Waals surface area contributed by atoms with Crippen LogP contribution < -0.4 is 11.1 Å². The molecule has 0 aromatic rings. The van der Waals surface area contributed by atoms with Crippen LogP contribution in [-0.4, -0.2) is 24.4 Å². The van der Waals surface area contributed by atoms with Crippen molar-refractivity contribution in [1.82, 2.24) is 5.32 Å². The van der Waals surface area contributed by atoms with Crippen molar-refractivity contribution in [2.24, 2.45) is 5.73 Å².